The third-order valence-electron chi connectivity index (χ3n) is 4.19. The van der Waals surface area contributed by atoms with Crippen molar-refractivity contribution in [2.45, 2.75) is 19.4 Å². The first-order valence-corrected chi connectivity index (χ1v) is 8.91. The second-order valence-electron chi connectivity index (χ2n) is 6.06. The van der Waals surface area contributed by atoms with Gasteiger partial charge in [-0.1, -0.05) is 29.8 Å². The van der Waals surface area contributed by atoms with E-state index >= 15 is 0 Å². The molecule has 1 N–H and O–H groups in total. The largest absolute Gasteiger partial charge is 0.454 e. The van der Waals surface area contributed by atoms with Crippen LogP contribution in [0.15, 0.2) is 53.1 Å². The Morgan fingerprint density at radius 1 is 1.15 bits per heavy atom. The number of ether oxygens (including phenoxy) is 2. The lowest BCUT2D eigenvalue weighted by Gasteiger charge is -2.05. The molecular formula is C20H17ClN2O4. The zero-order chi connectivity index (χ0) is 18.6. The van der Waals surface area contributed by atoms with E-state index in [1.807, 2.05) is 36.4 Å². The van der Waals surface area contributed by atoms with Crippen LogP contribution in [0, 0.1) is 0 Å². The first-order valence-electron chi connectivity index (χ1n) is 8.54. The number of benzene rings is 2. The second kappa shape index (κ2) is 7.72. The Hall–Kier alpha value is -2.99. The van der Waals surface area contributed by atoms with Gasteiger partial charge in [0.1, 0.15) is 0 Å². The third-order valence-corrected chi connectivity index (χ3v) is 4.52. The number of aryl methyl sites for hydroxylation is 1. The molecule has 7 heteroatoms. The average molecular weight is 385 g/mol. The summed E-state index contributed by atoms with van der Waals surface area (Å²) in [7, 11) is 0. The minimum Gasteiger partial charge on any atom is -0.454 e. The van der Waals surface area contributed by atoms with E-state index in [2.05, 4.69) is 10.3 Å². The van der Waals surface area contributed by atoms with Crippen molar-refractivity contribution >= 4 is 17.5 Å². The van der Waals surface area contributed by atoms with Gasteiger partial charge in [0.05, 0.1) is 11.2 Å². The third kappa shape index (κ3) is 4.06. The van der Waals surface area contributed by atoms with Crippen LogP contribution in [0.5, 0.6) is 11.5 Å². The van der Waals surface area contributed by atoms with Crippen LogP contribution >= 0.6 is 11.6 Å². The number of oxazole rings is 1. The smallest absolute Gasteiger partial charge is 0.231 e. The predicted octanol–water partition coefficient (Wildman–Crippen LogP) is 3.97. The van der Waals surface area contributed by atoms with Crippen LogP contribution in [0.1, 0.15) is 17.9 Å². The molecule has 1 aliphatic heterocycles. The molecule has 0 aliphatic carbocycles. The van der Waals surface area contributed by atoms with Crippen LogP contribution in [0.4, 0.5) is 0 Å². The normalized spacial score (nSPS) is 12.2. The summed E-state index contributed by atoms with van der Waals surface area (Å²) in [6, 6.07) is 13.0. The fraction of sp³-hybridized carbons (Fsp3) is 0.200. The van der Waals surface area contributed by atoms with E-state index < -0.39 is 0 Å². The van der Waals surface area contributed by atoms with Crippen molar-refractivity contribution in [3.05, 3.63) is 65.1 Å². The minimum absolute atomic E-state index is 0.0786. The molecule has 0 atom stereocenters. The molecule has 4 rings (SSSR count). The molecule has 0 unspecified atom stereocenters. The molecule has 1 aliphatic rings. The van der Waals surface area contributed by atoms with Gasteiger partial charge in [0, 0.05) is 24.9 Å². The van der Waals surface area contributed by atoms with E-state index in [9.17, 15) is 4.79 Å². The predicted molar refractivity (Wildman–Crippen MR) is 99.7 cm³/mol. The fourth-order valence-electron chi connectivity index (χ4n) is 2.77. The van der Waals surface area contributed by atoms with Crippen molar-refractivity contribution in [3.8, 4) is 22.8 Å². The maximum atomic E-state index is 12.1. The number of rotatable bonds is 6. The monoisotopic (exact) mass is 384 g/mol. The van der Waals surface area contributed by atoms with Crippen LogP contribution in [0.2, 0.25) is 5.02 Å². The lowest BCUT2D eigenvalue weighted by molar-refractivity contribution is -0.121. The summed E-state index contributed by atoms with van der Waals surface area (Å²) < 4.78 is 16.3. The van der Waals surface area contributed by atoms with Crippen molar-refractivity contribution in [2.24, 2.45) is 0 Å². The van der Waals surface area contributed by atoms with Crippen molar-refractivity contribution in [2.75, 3.05) is 6.79 Å². The van der Waals surface area contributed by atoms with Crippen LogP contribution in [0.25, 0.3) is 11.3 Å². The van der Waals surface area contributed by atoms with Crippen LogP contribution in [-0.2, 0) is 17.8 Å². The molecule has 0 fully saturated rings. The number of halogens is 1. The highest BCUT2D eigenvalue weighted by Gasteiger charge is 2.14. The zero-order valence-electron chi connectivity index (χ0n) is 14.4. The van der Waals surface area contributed by atoms with Crippen LogP contribution in [0.3, 0.4) is 0 Å². The van der Waals surface area contributed by atoms with Crippen LogP contribution in [-0.4, -0.2) is 17.7 Å². The molecule has 3 aromatic rings. The molecule has 0 radical (unpaired) electrons. The van der Waals surface area contributed by atoms with E-state index in [-0.39, 0.29) is 19.1 Å². The van der Waals surface area contributed by atoms with Crippen molar-refractivity contribution in [1.29, 1.82) is 0 Å². The maximum Gasteiger partial charge on any atom is 0.231 e. The Kier molecular flexibility index (Phi) is 4.98. The lowest BCUT2D eigenvalue weighted by atomic mass is 10.2. The highest BCUT2D eigenvalue weighted by Crippen LogP contribution is 2.32. The number of carbonyl (C=O) groups is 1. The molecule has 6 nitrogen and oxygen atoms in total. The first kappa shape index (κ1) is 17.4. The van der Waals surface area contributed by atoms with Gasteiger partial charge in [0.25, 0.3) is 0 Å². The van der Waals surface area contributed by atoms with Crippen molar-refractivity contribution in [3.63, 3.8) is 0 Å². The highest BCUT2D eigenvalue weighted by molar-refractivity contribution is 6.33. The zero-order valence-corrected chi connectivity index (χ0v) is 15.2. The van der Waals surface area contributed by atoms with Gasteiger partial charge in [0.15, 0.2) is 23.1 Å². The lowest BCUT2D eigenvalue weighted by Crippen LogP contribution is -2.23. The molecule has 0 spiro atoms. The average Bonchev–Trinajstić information content (AvgIpc) is 3.34. The number of nitrogens with zero attached hydrogens (tertiary/aromatic N) is 1. The van der Waals surface area contributed by atoms with Gasteiger partial charge in [-0.05, 0) is 29.8 Å². The van der Waals surface area contributed by atoms with E-state index in [1.165, 1.54) is 0 Å². The number of fused-ring (bicyclic) bond motifs is 1. The fourth-order valence-corrected chi connectivity index (χ4v) is 3.00. The van der Waals surface area contributed by atoms with E-state index in [0.717, 1.165) is 16.9 Å². The number of hydrogen-bond acceptors (Lipinski definition) is 5. The minimum atomic E-state index is -0.0786. The van der Waals surface area contributed by atoms with Gasteiger partial charge < -0.3 is 19.2 Å². The second-order valence-corrected chi connectivity index (χ2v) is 6.47. The standard InChI is InChI=1S/C20H17ClN2O4/c21-15-4-2-1-3-14(15)18-11-23-20(27-18)8-7-19(24)22-10-13-5-6-16-17(9-13)26-12-25-16/h1-6,9,11H,7-8,10,12H2,(H,22,24). The van der Waals surface area contributed by atoms with Gasteiger partial charge in [-0.2, -0.15) is 0 Å². The highest BCUT2D eigenvalue weighted by atomic mass is 35.5. The summed E-state index contributed by atoms with van der Waals surface area (Å²) in [4.78, 5) is 16.3. The van der Waals surface area contributed by atoms with E-state index in [1.54, 1.807) is 12.3 Å². The molecule has 0 bridgehead atoms. The SMILES string of the molecule is O=C(CCc1ncc(-c2ccccc2Cl)o1)NCc1ccc2c(c1)OCO2. The number of carbonyl (C=O) groups excluding carboxylic acids is 1. The van der Waals surface area contributed by atoms with Gasteiger partial charge in [-0.25, -0.2) is 4.98 Å². The van der Waals surface area contributed by atoms with Gasteiger partial charge >= 0.3 is 0 Å². The van der Waals surface area contributed by atoms with E-state index in [0.29, 0.717) is 35.4 Å². The maximum absolute atomic E-state index is 12.1. The Labute approximate surface area is 161 Å². The molecule has 0 saturated heterocycles. The summed E-state index contributed by atoms with van der Waals surface area (Å²) in [5, 5.41) is 3.48. The molecule has 1 aromatic heterocycles. The molecular weight excluding hydrogens is 368 g/mol. The molecule has 0 saturated carbocycles. The van der Waals surface area contributed by atoms with Gasteiger partial charge in [-0.15, -0.1) is 0 Å². The Bertz CT molecular complexity index is 970. The Balaban J connectivity index is 1.29. The Morgan fingerprint density at radius 2 is 2.00 bits per heavy atom. The molecule has 138 valence electrons. The summed E-state index contributed by atoms with van der Waals surface area (Å²) in [6.07, 6.45) is 2.32. The molecule has 2 aromatic carbocycles. The summed E-state index contributed by atoms with van der Waals surface area (Å²) in [6.45, 7) is 0.656. The number of hydrogen-bond donors (Lipinski definition) is 1. The summed E-state index contributed by atoms with van der Waals surface area (Å²) >= 11 is 6.16. The topological polar surface area (TPSA) is 73.6 Å². The number of amides is 1. The Morgan fingerprint density at radius 3 is 2.89 bits per heavy atom. The molecule has 27 heavy (non-hydrogen) atoms. The van der Waals surface area contributed by atoms with Crippen LogP contribution < -0.4 is 14.8 Å². The molecule has 2 heterocycles. The van der Waals surface area contributed by atoms with Gasteiger partial charge in [0.2, 0.25) is 12.7 Å². The summed E-state index contributed by atoms with van der Waals surface area (Å²) in [5.41, 5.74) is 1.73. The van der Waals surface area contributed by atoms with Crippen molar-refractivity contribution < 1.29 is 18.7 Å². The number of aromatic nitrogens is 1. The molecule has 1 amide bonds. The van der Waals surface area contributed by atoms with Crippen molar-refractivity contribution in [1.82, 2.24) is 10.3 Å². The number of nitrogens with one attached hydrogen (secondary N) is 1. The first-order chi connectivity index (χ1) is 13.2. The summed E-state index contributed by atoms with van der Waals surface area (Å²) in [5.74, 6) is 2.45. The van der Waals surface area contributed by atoms with E-state index in [4.69, 9.17) is 25.5 Å². The quantitative estimate of drug-likeness (QED) is 0.696. The van der Waals surface area contributed by atoms with Gasteiger partial charge in [-0.3, -0.25) is 4.79 Å².